The SMILES string of the molecule is Cc1cccc(C(=O)N2CCCN(CCS(C)(=O)=O)CC2)c1. The molecule has 5 nitrogen and oxygen atoms in total. The molecule has 0 atom stereocenters. The van der Waals surface area contributed by atoms with E-state index >= 15 is 0 Å². The van der Waals surface area contributed by atoms with Gasteiger partial charge >= 0.3 is 0 Å². The van der Waals surface area contributed by atoms with E-state index < -0.39 is 9.84 Å². The van der Waals surface area contributed by atoms with E-state index in [0.717, 1.165) is 37.2 Å². The molecule has 0 N–H and O–H groups in total. The Morgan fingerprint density at radius 3 is 2.64 bits per heavy atom. The number of carbonyl (C=O) groups is 1. The van der Waals surface area contributed by atoms with Gasteiger partial charge in [-0.1, -0.05) is 17.7 Å². The summed E-state index contributed by atoms with van der Waals surface area (Å²) in [6.45, 7) is 5.47. The van der Waals surface area contributed by atoms with Gasteiger partial charge in [-0.25, -0.2) is 8.42 Å². The van der Waals surface area contributed by atoms with Crippen LogP contribution in [0, 0.1) is 6.92 Å². The standard InChI is InChI=1S/C16H24N2O3S/c1-14-5-3-6-15(13-14)16(19)18-8-4-7-17(9-10-18)11-12-22(2,20)21/h3,5-6,13H,4,7-12H2,1-2H3. The molecule has 1 aliphatic heterocycles. The second kappa shape index (κ2) is 7.24. The first-order chi connectivity index (χ1) is 10.3. The molecule has 1 aromatic rings. The van der Waals surface area contributed by atoms with E-state index in [1.807, 2.05) is 36.1 Å². The van der Waals surface area contributed by atoms with E-state index in [1.165, 1.54) is 6.26 Å². The van der Waals surface area contributed by atoms with E-state index in [2.05, 4.69) is 4.90 Å². The first kappa shape index (κ1) is 17.0. The van der Waals surface area contributed by atoms with Gasteiger partial charge in [-0.3, -0.25) is 4.79 Å². The van der Waals surface area contributed by atoms with Crippen LogP contribution in [0.1, 0.15) is 22.3 Å². The summed E-state index contributed by atoms with van der Waals surface area (Å²) in [7, 11) is -2.94. The molecular formula is C16H24N2O3S. The van der Waals surface area contributed by atoms with Crippen molar-refractivity contribution in [2.75, 3.05) is 44.7 Å². The Balaban J connectivity index is 1.94. The van der Waals surface area contributed by atoms with Crippen LogP contribution >= 0.6 is 0 Å². The molecule has 0 spiro atoms. The van der Waals surface area contributed by atoms with Crippen molar-refractivity contribution in [1.82, 2.24) is 9.80 Å². The number of aryl methyl sites for hydroxylation is 1. The zero-order valence-electron chi connectivity index (χ0n) is 13.3. The van der Waals surface area contributed by atoms with E-state index in [0.29, 0.717) is 13.1 Å². The molecule has 1 amide bonds. The molecule has 2 rings (SSSR count). The molecular weight excluding hydrogens is 300 g/mol. The third-order valence-corrected chi connectivity index (χ3v) is 4.84. The van der Waals surface area contributed by atoms with Gasteiger partial charge in [-0.2, -0.15) is 0 Å². The van der Waals surface area contributed by atoms with Crippen molar-refractivity contribution in [2.45, 2.75) is 13.3 Å². The van der Waals surface area contributed by atoms with Crippen LogP contribution in [0.5, 0.6) is 0 Å². The van der Waals surface area contributed by atoms with Crippen LogP contribution < -0.4 is 0 Å². The van der Waals surface area contributed by atoms with Crippen molar-refractivity contribution in [3.63, 3.8) is 0 Å². The van der Waals surface area contributed by atoms with Crippen LogP contribution in [0.2, 0.25) is 0 Å². The minimum Gasteiger partial charge on any atom is -0.337 e. The maximum absolute atomic E-state index is 12.5. The summed E-state index contributed by atoms with van der Waals surface area (Å²) >= 11 is 0. The number of rotatable bonds is 4. The molecule has 1 saturated heterocycles. The van der Waals surface area contributed by atoms with Gasteiger partial charge < -0.3 is 9.80 Å². The lowest BCUT2D eigenvalue weighted by Gasteiger charge is -2.22. The number of hydrogen-bond donors (Lipinski definition) is 0. The number of benzene rings is 1. The number of sulfone groups is 1. The normalized spacial score (nSPS) is 17.3. The van der Waals surface area contributed by atoms with Crippen molar-refractivity contribution in [3.8, 4) is 0 Å². The molecule has 1 heterocycles. The highest BCUT2D eigenvalue weighted by Gasteiger charge is 2.20. The number of carbonyl (C=O) groups excluding carboxylic acids is 1. The van der Waals surface area contributed by atoms with E-state index in [1.54, 1.807) is 0 Å². The zero-order chi connectivity index (χ0) is 16.2. The van der Waals surface area contributed by atoms with Gasteiger partial charge in [0.1, 0.15) is 9.84 Å². The number of hydrogen-bond acceptors (Lipinski definition) is 4. The van der Waals surface area contributed by atoms with E-state index in [9.17, 15) is 13.2 Å². The quantitative estimate of drug-likeness (QED) is 0.835. The third kappa shape index (κ3) is 5.10. The lowest BCUT2D eigenvalue weighted by Crippen LogP contribution is -2.36. The molecule has 0 unspecified atom stereocenters. The maximum atomic E-state index is 12.5. The minimum absolute atomic E-state index is 0.0636. The highest BCUT2D eigenvalue weighted by Crippen LogP contribution is 2.11. The number of nitrogens with zero attached hydrogens (tertiary/aromatic N) is 2. The van der Waals surface area contributed by atoms with Crippen LogP contribution in [-0.4, -0.2) is 68.9 Å². The largest absolute Gasteiger partial charge is 0.337 e. The summed E-state index contributed by atoms with van der Waals surface area (Å²) in [5, 5.41) is 0. The fraction of sp³-hybridized carbons (Fsp3) is 0.562. The summed E-state index contributed by atoms with van der Waals surface area (Å²) < 4.78 is 22.5. The van der Waals surface area contributed by atoms with Gasteiger partial charge in [-0.15, -0.1) is 0 Å². The van der Waals surface area contributed by atoms with Crippen molar-refractivity contribution in [3.05, 3.63) is 35.4 Å². The third-order valence-electron chi connectivity index (χ3n) is 3.92. The Morgan fingerprint density at radius 1 is 1.18 bits per heavy atom. The zero-order valence-corrected chi connectivity index (χ0v) is 14.1. The predicted octanol–water partition coefficient (Wildman–Crippen LogP) is 1.19. The minimum atomic E-state index is -2.94. The summed E-state index contributed by atoms with van der Waals surface area (Å²) in [6.07, 6.45) is 2.14. The second-order valence-electron chi connectivity index (χ2n) is 5.99. The Kier molecular flexibility index (Phi) is 5.58. The maximum Gasteiger partial charge on any atom is 0.253 e. The van der Waals surface area contributed by atoms with Crippen LogP contribution in [0.3, 0.4) is 0 Å². The van der Waals surface area contributed by atoms with Gasteiger partial charge in [0.05, 0.1) is 5.75 Å². The summed E-state index contributed by atoms with van der Waals surface area (Å²) in [4.78, 5) is 16.5. The monoisotopic (exact) mass is 324 g/mol. The molecule has 0 radical (unpaired) electrons. The van der Waals surface area contributed by atoms with E-state index in [4.69, 9.17) is 0 Å². The average Bonchev–Trinajstić information content (AvgIpc) is 2.69. The topological polar surface area (TPSA) is 57.7 Å². The van der Waals surface area contributed by atoms with Crippen LogP contribution in [0.25, 0.3) is 0 Å². The summed E-state index contributed by atoms with van der Waals surface area (Å²) in [5.74, 6) is 0.243. The molecule has 0 aromatic heterocycles. The average molecular weight is 324 g/mol. The molecule has 0 aliphatic carbocycles. The van der Waals surface area contributed by atoms with Crippen molar-refractivity contribution in [1.29, 1.82) is 0 Å². The smallest absolute Gasteiger partial charge is 0.253 e. The van der Waals surface area contributed by atoms with Crippen molar-refractivity contribution < 1.29 is 13.2 Å². The predicted molar refractivity (Wildman–Crippen MR) is 87.9 cm³/mol. The molecule has 1 aliphatic rings. The Bertz CT molecular complexity index is 628. The lowest BCUT2D eigenvalue weighted by molar-refractivity contribution is 0.0761. The lowest BCUT2D eigenvalue weighted by atomic mass is 10.1. The van der Waals surface area contributed by atoms with Crippen LogP contribution in [0.15, 0.2) is 24.3 Å². The van der Waals surface area contributed by atoms with Crippen molar-refractivity contribution in [2.24, 2.45) is 0 Å². The Hall–Kier alpha value is -1.40. The van der Waals surface area contributed by atoms with Gasteiger partial charge in [0.25, 0.3) is 5.91 Å². The number of amides is 1. The highest BCUT2D eigenvalue weighted by atomic mass is 32.2. The molecule has 122 valence electrons. The molecule has 1 aromatic carbocycles. The Morgan fingerprint density at radius 2 is 1.95 bits per heavy atom. The summed E-state index contributed by atoms with van der Waals surface area (Å²) in [6, 6.07) is 7.64. The van der Waals surface area contributed by atoms with Gasteiger partial charge in [0.2, 0.25) is 0 Å². The highest BCUT2D eigenvalue weighted by molar-refractivity contribution is 7.90. The first-order valence-electron chi connectivity index (χ1n) is 7.61. The van der Waals surface area contributed by atoms with Gasteiger partial charge in [0.15, 0.2) is 0 Å². The van der Waals surface area contributed by atoms with Gasteiger partial charge in [-0.05, 0) is 32.0 Å². The molecule has 0 bridgehead atoms. The van der Waals surface area contributed by atoms with Crippen LogP contribution in [0.4, 0.5) is 0 Å². The van der Waals surface area contributed by atoms with Gasteiger partial charge in [0, 0.05) is 38.0 Å². The molecule has 6 heteroatoms. The summed E-state index contributed by atoms with van der Waals surface area (Å²) in [5.41, 5.74) is 1.81. The fourth-order valence-electron chi connectivity index (χ4n) is 2.65. The Labute approximate surface area is 132 Å². The fourth-order valence-corrected chi connectivity index (χ4v) is 3.24. The molecule has 1 fully saturated rings. The first-order valence-corrected chi connectivity index (χ1v) is 9.67. The van der Waals surface area contributed by atoms with Crippen LogP contribution in [-0.2, 0) is 9.84 Å². The van der Waals surface area contributed by atoms with Crippen molar-refractivity contribution >= 4 is 15.7 Å². The second-order valence-corrected chi connectivity index (χ2v) is 8.25. The molecule has 22 heavy (non-hydrogen) atoms. The molecule has 0 saturated carbocycles. The van der Waals surface area contributed by atoms with E-state index in [-0.39, 0.29) is 11.7 Å².